The van der Waals surface area contributed by atoms with Crippen molar-refractivity contribution in [3.8, 4) is 0 Å². The summed E-state index contributed by atoms with van der Waals surface area (Å²) in [7, 11) is 0. The van der Waals surface area contributed by atoms with Gasteiger partial charge in [-0.1, -0.05) is 12.8 Å². The summed E-state index contributed by atoms with van der Waals surface area (Å²) < 4.78 is 5.48. The molecule has 1 aliphatic heterocycles. The molecule has 0 radical (unpaired) electrons. The van der Waals surface area contributed by atoms with Gasteiger partial charge < -0.3 is 4.74 Å². The Bertz CT molecular complexity index is 86.6. The van der Waals surface area contributed by atoms with Gasteiger partial charge in [-0.25, -0.2) is 0 Å². The van der Waals surface area contributed by atoms with E-state index in [1.165, 1.54) is 32.1 Å². The van der Waals surface area contributed by atoms with Crippen LogP contribution in [-0.4, -0.2) is 12.2 Å². The van der Waals surface area contributed by atoms with Crippen LogP contribution in [0.15, 0.2) is 0 Å². The molecule has 1 heteroatoms. The second kappa shape index (κ2) is 1.47. The van der Waals surface area contributed by atoms with Gasteiger partial charge in [0.15, 0.2) is 0 Å². The largest absolute Gasteiger partial charge is 0.375 e. The molecule has 0 unspecified atom stereocenters. The maximum absolute atomic E-state index is 5.48. The van der Waals surface area contributed by atoms with Crippen LogP contribution < -0.4 is 0 Å². The van der Waals surface area contributed by atoms with E-state index in [1.807, 2.05) is 0 Å². The van der Waals surface area contributed by atoms with E-state index in [-0.39, 0.29) is 0 Å². The first-order valence-corrected chi connectivity index (χ1v) is 3.55. The Balaban J connectivity index is 2.01. The molecule has 0 bridgehead atoms. The lowest BCUT2D eigenvalue weighted by molar-refractivity contribution is -0.141. The fourth-order valence-electron chi connectivity index (χ4n) is 1.80. The molecule has 0 aromatic heterocycles. The van der Waals surface area contributed by atoms with Crippen LogP contribution in [0.25, 0.3) is 0 Å². The lowest BCUT2D eigenvalue weighted by Gasteiger charge is -2.38. The smallest absolute Gasteiger partial charge is 0.0704 e. The quantitative estimate of drug-likeness (QED) is 0.463. The second-order valence-electron chi connectivity index (χ2n) is 2.99. The summed E-state index contributed by atoms with van der Waals surface area (Å²) in [4.78, 5) is 0. The normalized spacial score (nSPS) is 33.0. The Hall–Kier alpha value is -0.0400. The fraction of sp³-hybridized carbons (Fsp3) is 1.00. The highest BCUT2D eigenvalue weighted by Gasteiger charge is 2.40. The lowest BCUT2D eigenvalue weighted by Crippen LogP contribution is -2.40. The van der Waals surface area contributed by atoms with Crippen LogP contribution in [0.1, 0.15) is 32.1 Å². The molecule has 0 aromatic rings. The average molecular weight is 112 g/mol. The monoisotopic (exact) mass is 112 g/mol. The summed E-state index contributed by atoms with van der Waals surface area (Å²) in [5.74, 6) is 0. The van der Waals surface area contributed by atoms with Crippen LogP contribution in [0.2, 0.25) is 0 Å². The Morgan fingerprint density at radius 2 is 1.62 bits per heavy atom. The Labute approximate surface area is 50.0 Å². The van der Waals surface area contributed by atoms with Gasteiger partial charge in [0, 0.05) is 0 Å². The zero-order chi connectivity index (χ0) is 5.45. The van der Waals surface area contributed by atoms with Crippen molar-refractivity contribution in [2.24, 2.45) is 0 Å². The summed E-state index contributed by atoms with van der Waals surface area (Å²) in [6.07, 6.45) is 6.83. The Kier molecular flexibility index (Phi) is 0.884. The molecule has 0 aromatic carbocycles. The number of hydrogen-bond acceptors (Lipinski definition) is 1. The first kappa shape index (κ1) is 4.80. The van der Waals surface area contributed by atoms with Gasteiger partial charge in [0.2, 0.25) is 0 Å². The van der Waals surface area contributed by atoms with Crippen molar-refractivity contribution in [1.82, 2.24) is 0 Å². The highest BCUT2D eigenvalue weighted by molar-refractivity contribution is 4.91. The third kappa shape index (κ3) is 0.510. The molecule has 2 aliphatic rings. The van der Waals surface area contributed by atoms with Gasteiger partial charge in [0.1, 0.15) is 0 Å². The van der Waals surface area contributed by atoms with Crippen LogP contribution in [0.5, 0.6) is 0 Å². The van der Waals surface area contributed by atoms with Gasteiger partial charge in [0.25, 0.3) is 0 Å². The van der Waals surface area contributed by atoms with Crippen molar-refractivity contribution < 1.29 is 4.74 Å². The van der Waals surface area contributed by atoms with Crippen molar-refractivity contribution in [2.45, 2.75) is 37.7 Å². The molecule has 0 amide bonds. The van der Waals surface area contributed by atoms with E-state index in [1.54, 1.807) is 0 Å². The molecular weight excluding hydrogens is 100 g/mol. The molecule has 1 spiro atoms. The lowest BCUT2D eigenvalue weighted by atomic mass is 9.93. The van der Waals surface area contributed by atoms with Crippen molar-refractivity contribution in [3.63, 3.8) is 0 Å². The van der Waals surface area contributed by atoms with Crippen molar-refractivity contribution in [2.75, 3.05) is 6.61 Å². The Morgan fingerprint density at radius 1 is 1.00 bits per heavy atom. The molecule has 2 rings (SSSR count). The third-order valence-electron chi connectivity index (χ3n) is 2.48. The molecule has 1 nitrogen and oxygen atoms in total. The summed E-state index contributed by atoms with van der Waals surface area (Å²) in [6, 6.07) is 0. The van der Waals surface area contributed by atoms with Crippen LogP contribution in [-0.2, 0) is 4.74 Å². The van der Waals surface area contributed by atoms with E-state index in [0.717, 1.165) is 6.61 Å². The van der Waals surface area contributed by atoms with Crippen LogP contribution in [0.3, 0.4) is 0 Å². The highest BCUT2D eigenvalue weighted by Crippen LogP contribution is 2.41. The molecule has 0 N–H and O–H groups in total. The third-order valence-corrected chi connectivity index (χ3v) is 2.48. The number of rotatable bonds is 0. The molecule has 0 atom stereocenters. The summed E-state index contributed by atoms with van der Waals surface area (Å²) in [5, 5.41) is 0. The van der Waals surface area contributed by atoms with Gasteiger partial charge >= 0.3 is 0 Å². The number of ether oxygens (including phenoxy) is 1. The van der Waals surface area contributed by atoms with E-state index in [0.29, 0.717) is 5.60 Å². The first-order chi connectivity index (χ1) is 3.91. The van der Waals surface area contributed by atoms with Gasteiger partial charge in [-0.2, -0.15) is 0 Å². The maximum atomic E-state index is 5.48. The summed E-state index contributed by atoms with van der Waals surface area (Å²) in [6.45, 7) is 1.03. The molecule has 1 heterocycles. The molecule has 1 saturated heterocycles. The van der Waals surface area contributed by atoms with Crippen molar-refractivity contribution >= 4 is 0 Å². The van der Waals surface area contributed by atoms with E-state index >= 15 is 0 Å². The van der Waals surface area contributed by atoms with Crippen LogP contribution >= 0.6 is 0 Å². The zero-order valence-corrected chi connectivity index (χ0v) is 5.15. The van der Waals surface area contributed by atoms with Crippen molar-refractivity contribution in [3.05, 3.63) is 0 Å². The van der Waals surface area contributed by atoms with Crippen LogP contribution in [0, 0.1) is 0 Å². The van der Waals surface area contributed by atoms with Crippen LogP contribution in [0.4, 0.5) is 0 Å². The molecule has 46 valence electrons. The minimum absolute atomic E-state index is 0.417. The van der Waals surface area contributed by atoms with E-state index in [4.69, 9.17) is 4.74 Å². The SMILES string of the molecule is C1CCC2(C1)CCO2. The summed E-state index contributed by atoms with van der Waals surface area (Å²) >= 11 is 0. The minimum Gasteiger partial charge on any atom is -0.375 e. The molecule has 1 aliphatic carbocycles. The van der Waals surface area contributed by atoms with E-state index < -0.39 is 0 Å². The minimum atomic E-state index is 0.417. The maximum Gasteiger partial charge on any atom is 0.0704 e. The number of hydrogen-bond donors (Lipinski definition) is 0. The molecule has 2 fully saturated rings. The Morgan fingerprint density at radius 3 is 1.88 bits per heavy atom. The van der Waals surface area contributed by atoms with Gasteiger partial charge in [-0.05, 0) is 19.3 Å². The molecular formula is C7H12O. The predicted molar refractivity (Wildman–Crippen MR) is 31.8 cm³/mol. The first-order valence-electron chi connectivity index (χ1n) is 3.55. The predicted octanol–water partition coefficient (Wildman–Crippen LogP) is 1.72. The van der Waals surface area contributed by atoms with Crippen molar-refractivity contribution in [1.29, 1.82) is 0 Å². The zero-order valence-electron chi connectivity index (χ0n) is 5.15. The second-order valence-corrected chi connectivity index (χ2v) is 2.99. The topological polar surface area (TPSA) is 9.23 Å². The summed E-state index contributed by atoms with van der Waals surface area (Å²) in [5.41, 5.74) is 0.417. The fourth-order valence-corrected chi connectivity index (χ4v) is 1.80. The van der Waals surface area contributed by atoms with E-state index in [9.17, 15) is 0 Å². The highest BCUT2D eigenvalue weighted by atomic mass is 16.5. The van der Waals surface area contributed by atoms with Gasteiger partial charge in [0.05, 0.1) is 12.2 Å². The van der Waals surface area contributed by atoms with E-state index in [2.05, 4.69) is 0 Å². The van der Waals surface area contributed by atoms with Gasteiger partial charge in [-0.15, -0.1) is 0 Å². The van der Waals surface area contributed by atoms with Gasteiger partial charge in [-0.3, -0.25) is 0 Å². The average Bonchev–Trinajstić information content (AvgIpc) is 2.07. The molecule has 8 heavy (non-hydrogen) atoms. The molecule has 1 saturated carbocycles. The standard InChI is InChI=1S/C7H12O/c1-2-4-7(3-1)5-6-8-7/h1-6H2.